The van der Waals surface area contributed by atoms with Crippen LogP contribution in [-0.4, -0.2) is 80.6 Å². The summed E-state index contributed by atoms with van der Waals surface area (Å²) in [5.74, 6) is -5.31. The van der Waals surface area contributed by atoms with Crippen molar-refractivity contribution in [3.63, 3.8) is 0 Å². The highest BCUT2D eigenvalue weighted by atomic mass is 16.5. The van der Waals surface area contributed by atoms with Gasteiger partial charge in [0.2, 0.25) is 0 Å². The smallest absolute Gasteiger partial charge is 0.336 e. The van der Waals surface area contributed by atoms with Gasteiger partial charge in [-0.2, -0.15) is 0 Å². The summed E-state index contributed by atoms with van der Waals surface area (Å²) in [7, 11) is 2.33. The number of carbonyl (C=O) groups is 4. The fourth-order valence-corrected chi connectivity index (χ4v) is 3.79. The van der Waals surface area contributed by atoms with Crippen LogP contribution in [0, 0.1) is 11.8 Å². The molecule has 1 unspecified atom stereocenters. The lowest BCUT2D eigenvalue weighted by molar-refractivity contribution is -0.162. The van der Waals surface area contributed by atoms with Crippen molar-refractivity contribution in [1.29, 1.82) is 0 Å². The Kier molecular flexibility index (Phi) is 7.71. The SMILES string of the molecule is COC(=O)C1=C(C)N=C(C)C(C(=O)OC)[C@H]1C(=O)OCC(=O)N1C[C@H](C)O[C@@H](C)C1. The Labute approximate surface area is 175 Å². The van der Waals surface area contributed by atoms with Gasteiger partial charge in [-0.05, 0) is 27.7 Å². The molecule has 0 bridgehead atoms. The van der Waals surface area contributed by atoms with Crippen LogP contribution >= 0.6 is 0 Å². The van der Waals surface area contributed by atoms with E-state index in [-0.39, 0.29) is 29.4 Å². The van der Waals surface area contributed by atoms with Crippen LogP contribution in [0.5, 0.6) is 0 Å². The van der Waals surface area contributed by atoms with Crippen molar-refractivity contribution in [2.45, 2.75) is 39.9 Å². The monoisotopic (exact) mass is 424 g/mol. The van der Waals surface area contributed by atoms with Crippen molar-refractivity contribution in [1.82, 2.24) is 4.90 Å². The molecular weight excluding hydrogens is 396 g/mol. The van der Waals surface area contributed by atoms with E-state index in [1.807, 2.05) is 13.8 Å². The van der Waals surface area contributed by atoms with Gasteiger partial charge in [0.25, 0.3) is 5.91 Å². The molecular formula is C20H28N2O8. The van der Waals surface area contributed by atoms with Crippen molar-refractivity contribution < 1.29 is 38.1 Å². The molecule has 2 aliphatic heterocycles. The van der Waals surface area contributed by atoms with Crippen molar-refractivity contribution >= 4 is 29.5 Å². The highest BCUT2D eigenvalue weighted by Crippen LogP contribution is 2.33. The highest BCUT2D eigenvalue weighted by Gasteiger charge is 2.46. The first-order valence-electron chi connectivity index (χ1n) is 9.62. The molecule has 0 aliphatic carbocycles. The minimum absolute atomic E-state index is 0.0930. The number of rotatable bonds is 5. The fraction of sp³-hybridized carbons (Fsp3) is 0.650. The van der Waals surface area contributed by atoms with Crippen LogP contribution in [0.2, 0.25) is 0 Å². The average Bonchev–Trinajstić information content (AvgIpc) is 2.69. The molecule has 0 aromatic heterocycles. The molecule has 4 atom stereocenters. The maximum absolute atomic E-state index is 12.9. The molecule has 0 aromatic rings. The molecule has 166 valence electrons. The van der Waals surface area contributed by atoms with Crippen molar-refractivity contribution in [2.75, 3.05) is 33.9 Å². The quantitative estimate of drug-likeness (QED) is 0.462. The molecule has 30 heavy (non-hydrogen) atoms. The van der Waals surface area contributed by atoms with Crippen LogP contribution in [0.15, 0.2) is 16.3 Å². The molecule has 0 radical (unpaired) electrons. The Balaban J connectivity index is 2.22. The van der Waals surface area contributed by atoms with Crippen molar-refractivity contribution in [3.05, 3.63) is 11.3 Å². The minimum Gasteiger partial charge on any atom is -0.468 e. The Bertz CT molecular complexity index is 778. The van der Waals surface area contributed by atoms with Gasteiger partial charge in [0.15, 0.2) is 6.61 Å². The van der Waals surface area contributed by atoms with Crippen LogP contribution in [-0.2, 0) is 38.1 Å². The zero-order valence-electron chi connectivity index (χ0n) is 18.1. The van der Waals surface area contributed by atoms with E-state index in [1.54, 1.807) is 11.8 Å². The summed E-state index contributed by atoms with van der Waals surface area (Å²) in [6.45, 7) is 7.03. The summed E-state index contributed by atoms with van der Waals surface area (Å²) in [6.07, 6.45) is -0.267. The van der Waals surface area contributed by atoms with Crippen molar-refractivity contribution in [3.8, 4) is 0 Å². The van der Waals surface area contributed by atoms with E-state index in [2.05, 4.69) is 4.99 Å². The molecule has 0 saturated carbocycles. The Morgan fingerprint density at radius 2 is 1.60 bits per heavy atom. The van der Waals surface area contributed by atoms with Gasteiger partial charge < -0.3 is 23.8 Å². The maximum Gasteiger partial charge on any atom is 0.336 e. The number of allylic oxidation sites excluding steroid dienone is 1. The fourth-order valence-electron chi connectivity index (χ4n) is 3.79. The predicted octanol–water partition coefficient (Wildman–Crippen LogP) is 0.492. The summed E-state index contributed by atoms with van der Waals surface area (Å²) in [4.78, 5) is 55.9. The van der Waals surface area contributed by atoms with Crippen LogP contribution in [0.1, 0.15) is 27.7 Å². The molecule has 1 fully saturated rings. The first kappa shape index (κ1) is 23.5. The number of hydrogen-bond donors (Lipinski definition) is 0. The third-order valence-electron chi connectivity index (χ3n) is 5.05. The third-order valence-corrected chi connectivity index (χ3v) is 5.05. The highest BCUT2D eigenvalue weighted by molar-refractivity contribution is 6.10. The topological polar surface area (TPSA) is 121 Å². The lowest BCUT2D eigenvalue weighted by atomic mass is 9.80. The molecule has 0 N–H and O–H groups in total. The molecule has 0 spiro atoms. The normalized spacial score (nSPS) is 26.6. The van der Waals surface area contributed by atoms with E-state index < -0.39 is 36.4 Å². The van der Waals surface area contributed by atoms with E-state index in [1.165, 1.54) is 14.0 Å². The van der Waals surface area contributed by atoms with E-state index in [0.717, 1.165) is 7.11 Å². The predicted molar refractivity (Wildman–Crippen MR) is 104 cm³/mol. The number of aliphatic imine (C=N–C) groups is 1. The Morgan fingerprint density at radius 3 is 2.13 bits per heavy atom. The van der Waals surface area contributed by atoms with E-state index >= 15 is 0 Å². The third kappa shape index (κ3) is 5.05. The summed E-state index contributed by atoms with van der Waals surface area (Å²) in [5.41, 5.74) is 0.448. The second kappa shape index (κ2) is 9.84. The maximum atomic E-state index is 12.9. The summed E-state index contributed by atoms with van der Waals surface area (Å²) in [6, 6.07) is 0. The Hall–Kier alpha value is -2.75. The number of esters is 3. The minimum atomic E-state index is -1.32. The van der Waals surface area contributed by atoms with Gasteiger partial charge in [-0.3, -0.25) is 19.4 Å². The lowest BCUT2D eigenvalue weighted by Crippen LogP contribution is -2.50. The molecule has 1 saturated heterocycles. The van der Waals surface area contributed by atoms with Crippen molar-refractivity contribution in [2.24, 2.45) is 16.8 Å². The van der Waals surface area contributed by atoms with Gasteiger partial charge in [0.1, 0.15) is 11.8 Å². The number of methoxy groups -OCH3 is 2. The largest absolute Gasteiger partial charge is 0.468 e. The number of hydrogen-bond acceptors (Lipinski definition) is 9. The molecule has 2 heterocycles. The zero-order chi connectivity index (χ0) is 22.6. The summed E-state index contributed by atoms with van der Waals surface area (Å²) in [5, 5.41) is 0. The van der Waals surface area contributed by atoms with Gasteiger partial charge in [0, 0.05) is 24.5 Å². The molecule has 10 heteroatoms. The first-order valence-corrected chi connectivity index (χ1v) is 9.62. The molecule has 2 rings (SSSR count). The number of nitrogens with zero attached hydrogens (tertiary/aromatic N) is 2. The number of amides is 1. The standard InChI is InChI=1S/C20H28N2O8/c1-10-7-22(8-11(2)30-10)14(23)9-29-20(26)17-15(18(24)27-5)12(3)21-13(4)16(17)19(25)28-6/h10-11,15,17H,7-9H2,1-6H3/t10-,11-,15?,17+/m0/s1. The number of carbonyl (C=O) groups excluding carboxylic acids is 4. The van der Waals surface area contributed by atoms with E-state index in [0.29, 0.717) is 18.8 Å². The van der Waals surface area contributed by atoms with Gasteiger partial charge >= 0.3 is 17.9 Å². The van der Waals surface area contributed by atoms with E-state index in [9.17, 15) is 19.2 Å². The van der Waals surface area contributed by atoms with Crippen LogP contribution < -0.4 is 0 Å². The van der Waals surface area contributed by atoms with Gasteiger partial charge in [0.05, 0.1) is 32.0 Å². The lowest BCUT2D eigenvalue weighted by Gasteiger charge is -2.35. The van der Waals surface area contributed by atoms with Gasteiger partial charge in [-0.25, -0.2) is 4.79 Å². The van der Waals surface area contributed by atoms with Crippen LogP contribution in [0.25, 0.3) is 0 Å². The van der Waals surface area contributed by atoms with Crippen LogP contribution in [0.4, 0.5) is 0 Å². The molecule has 10 nitrogen and oxygen atoms in total. The summed E-state index contributed by atoms with van der Waals surface area (Å²) >= 11 is 0. The first-order chi connectivity index (χ1) is 14.1. The molecule has 2 aliphatic rings. The molecule has 1 amide bonds. The number of morpholine rings is 1. The molecule has 0 aromatic carbocycles. The van der Waals surface area contributed by atoms with Crippen LogP contribution in [0.3, 0.4) is 0 Å². The second-order valence-electron chi connectivity index (χ2n) is 7.39. The second-order valence-corrected chi connectivity index (χ2v) is 7.39. The summed E-state index contributed by atoms with van der Waals surface area (Å²) < 4.78 is 20.4. The zero-order valence-corrected chi connectivity index (χ0v) is 18.1. The average molecular weight is 424 g/mol. The van der Waals surface area contributed by atoms with Gasteiger partial charge in [-0.1, -0.05) is 0 Å². The van der Waals surface area contributed by atoms with Gasteiger partial charge in [-0.15, -0.1) is 0 Å². The number of ether oxygens (including phenoxy) is 4. The Morgan fingerprint density at radius 1 is 1.00 bits per heavy atom. The van der Waals surface area contributed by atoms with E-state index in [4.69, 9.17) is 18.9 Å².